The molecule has 0 aromatic heterocycles. The molecule has 2 aliphatic rings. The molecule has 4 aromatic rings. The average Bonchev–Trinajstić information content (AvgIpc) is 2.78. The zero-order chi connectivity index (χ0) is 20.2. The Morgan fingerprint density at radius 2 is 1.17 bits per heavy atom. The average molecular weight is 388 g/mol. The molecule has 0 saturated carbocycles. The van der Waals surface area contributed by atoms with E-state index in [9.17, 15) is 0 Å². The van der Waals surface area contributed by atoms with E-state index in [1.165, 1.54) is 22.1 Å². The van der Waals surface area contributed by atoms with Crippen LogP contribution >= 0.6 is 0 Å². The molecule has 6 rings (SSSR count). The van der Waals surface area contributed by atoms with Gasteiger partial charge in [0, 0.05) is 5.46 Å². The summed E-state index contributed by atoms with van der Waals surface area (Å²) in [6, 6.07) is 29.6. The molecule has 2 nitrogen and oxygen atoms in total. The molecule has 0 amide bonds. The minimum absolute atomic E-state index is 0.124. The maximum Gasteiger partial charge on any atom is 0.260 e. The molecule has 0 saturated heterocycles. The van der Waals surface area contributed by atoms with Crippen molar-refractivity contribution in [3.8, 4) is 34.1 Å². The van der Waals surface area contributed by atoms with Crippen molar-refractivity contribution in [1.82, 2.24) is 0 Å². The van der Waals surface area contributed by atoms with Crippen molar-refractivity contribution >= 4 is 23.1 Å². The van der Waals surface area contributed by atoms with Crippen LogP contribution in [0.1, 0.15) is 25.3 Å². The van der Waals surface area contributed by atoms with E-state index in [2.05, 4.69) is 86.6 Å². The topological polar surface area (TPSA) is 18.5 Å². The van der Waals surface area contributed by atoms with Crippen LogP contribution in [-0.4, -0.2) is 6.71 Å². The minimum Gasteiger partial charge on any atom is -0.458 e. The summed E-state index contributed by atoms with van der Waals surface area (Å²) in [6.45, 7) is 4.59. The van der Waals surface area contributed by atoms with Crippen molar-refractivity contribution in [1.29, 1.82) is 0 Å². The second-order valence-electron chi connectivity index (χ2n) is 8.34. The van der Waals surface area contributed by atoms with Crippen LogP contribution in [0, 0.1) is 0 Å². The number of rotatable bonds is 2. The summed E-state index contributed by atoms with van der Waals surface area (Å²) in [5.41, 5.74) is 7.19. The Morgan fingerprint density at radius 3 is 1.77 bits per heavy atom. The first-order chi connectivity index (χ1) is 14.7. The molecule has 0 N–H and O–H groups in total. The van der Waals surface area contributed by atoms with Crippen LogP contribution in [0.25, 0.3) is 11.1 Å². The summed E-state index contributed by atoms with van der Waals surface area (Å²) < 4.78 is 12.8. The predicted molar refractivity (Wildman–Crippen MR) is 124 cm³/mol. The highest BCUT2D eigenvalue weighted by Crippen LogP contribution is 2.39. The van der Waals surface area contributed by atoms with Gasteiger partial charge in [0.15, 0.2) is 0 Å². The molecule has 144 valence electrons. The summed E-state index contributed by atoms with van der Waals surface area (Å²) in [5.74, 6) is 4.06. The second-order valence-corrected chi connectivity index (χ2v) is 8.34. The van der Waals surface area contributed by atoms with Gasteiger partial charge in [-0.05, 0) is 57.8 Å². The second kappa shape index (κ2) is 6.53. The van der Waals surface area contributed by atoms with Gasteiger partial charge < -0.3 is 9.47 Å². The first-order valence-electron chi connectivity index (χ1n) is 10.5. The van der Waals surface area contributed by atoms with Gasteiger partial charge in [-0.2, -0.15) is 0 Å². The smallest absolute Gasteiger partial charge is 0.260 e. The molecule has 3 heteroatoms. The fraction of sp³-hybridized carbons (Fsp3) is 0.111. The van der Waals surface area contributed by atoms with Crippen LogP contribution < -0.4 is 25.9 Å². The number of para-hydroxylation sites is 2. The highest BCUT2D eigenvalue weighted by molar-refractivity contribution is 6.98. The maximum absolute atomic E-state index is 6.42. The largest absolute Gasteiger partial charge is 0.458 e. The minimum atomic E-state index is 0.124. The number of hydrogen-bond acceptors (Lipinski definition) is 2. The van der Waals surface area contributed by atoms with E-state index in [0.717, 1.165) is 34.0 Å². The van der Waals surface area contributed by atoms with Crippen LogP contribution in [0.2, 0.25) is 0 Å². The number of fused-ring (bicyclic) bond motifs is 4. The van der Waals surface area contributed by atoms with Gasteiger partial charge in [0.1, 0.15) is 23.0 Å². The van der Waals surface area contributed by atoms with Crippen molar-refractivity contribution < 1.29 is 9.47 Å². The molecule has 0 atom stereocenters. The molecule has 0 spiro atoms. The highest BCUT2D eigenvalue weighted by atomic mass is 16.5. The Labute approximate surface area is 177 Å². The number of ether oxygens (including phenoxy) is 2. The zero-order valence-corrected chi connectivity index (χ0v) is 17.1. The Hall–Kier alpha value is -3.46. The van der Waals surface area contributed by atoms with Gasteiger partial charge in [-0.15, -0.1) is 0 Å². The standard InChI is InChI=1S/C27H21BO2/c1-17(2)19-9-3-4-10-20(19)18-15-25-27-26(16-18)30-24-14-8-6-12-22(24)28(27)21-11-5-7-13-23(21)29-25/h3-17H,1-2H3. The molecule has 0 radical (unpaired) electrons. The van der Waals surface area contributed by atoms with Crippen molar-refractivity contribution in [3.63, 3.8) is 0 Å². The zero-order valence-electron chi connectivity index (χ0n) is 17.1. The first kappa shape index (κ1) is 17.4. The molecule has 2 heterocycles. The van der Waals surface area contributed by atoms with E-state index in [4.69, 9.17) is 9.47 Å². The maximum atomic E-state index is 6.42. The SMILES string of the molecule is CC(C)c1ccccc1-c1cc2c3c(c1)Oc1ccccc1B3c1ccccc1O2. The van der Waals surface area contributed by atoms with Gasteiger partial charge in [-0.3, -0.25) is 0 Å². The van der Waals surface area contributed by atoms with Crippen molar-refractivity contribution in [3.05, 3.63) is 90.5 Å². The lowest BCUT2D eigenvalue weighted by Gasteiger charge is -2.33. The van der Waals surface area contributed by atoms with Crippen LogP contribution in [0.4, 0.5) is 0 Å². The van der Waals surface area contributed by atoms with Gasteiger partial charge in [0.2, 0.25) is 0 Å². The van der Waals surface area contributed by atoms with Crippen LogP contribution in [0.5, 0.6) is 23.0 Å². The van der Waals surface area contributed by atoms with Gasteiger partial charge >= 0.3 is 0 Å². The Bertz CT molecular complexity index is 1220. The molecular weight excluding hydrogens is 367 g/mol. The molecule has 0 unspecified atom stereocenters. The van der Waals surface area contributed by atoms with E-state index in [0.29, 0.717) is 5.92 Å². The van der Waals surface area contributed by atoms with Crippen LogP contribution in [-0.2, 0) is 0 Å². The lowest BCUT2D eigenvalue weighted by Crippen LogP contribution is -2.57. The fourth-order valence-electron chi connectivity index (χ4n) is 4.81. The van der Waals surface area contributed by atoms with Crippen molar-refractivity contribution in [2.24, 2.45) is 0 Å². The Kier molecular flexibility index (Phi) is 3.79. The first-order valence-corrected chi connectivity index (χ1v) is 10.5. The summed E-state index contributed by atoms with van der Waals surface area (Å²) in [5, 5.41) is 0. The van der Waals surface area contributed by atoms with E-state index in [1.54, 1.807) is 0 Å². The van der Waals surface area contributed by atoms with Gasteiger partial charge in [-0.1, -0.05) is 74.5 Å². The lowest BCUT2D eigenvalue weighted by atomic mass is 9.35. The van der Waals surface area contributed by atoms with Crippen molar-refractivity contribution in [2.75, 3.05) is 0 Å². The third kappa shape index (κ3) is 2.52. The summed E-state index contributed by atoms with van der Waals surface area (Å²) in [6.07, 6.45) is 0. The van der Waals surface area contributed by atoms with Crippen molar-refractivity contribution in [2.45, 2.75) is 19.8 Å². The summed E-state index contributed by atoms with van der Waals surface area (Å²) in [7, 11) is 0. The third-order valence-corrected chi connectivity index (χ3v) is 6.19. The molecule has 4 aromatic carbocycles. The monoisotopic (exact) mass is 388 g/mol. The van der Waals surface area contributed by atoms with E-state index in [1.807, 2.05) is 12.1 Å². The number of hydrogen-bond donors (Lipinski definition) is 0. The molecule has 0 fully saturated rings. The van der Waals surface area contributed by atoms with E-state index >= 15 is 0 Å². The van der Waals surface area contributed by atoms with E-state index < -0.39 is 0 Å². The summed E-state index contributed by atoms with van der Waals surface area (Å²) >= 11 is 0. The van der Waals surface area contributed by atoms with Gasteiger partial charge in [-0.25, -0.2) is 0 Å². The highest BCUT2D eigenvalue weighted by Gasteiger charge is 2.40. The van der Waals surface area contributed by atoms with Gasteiger partial charge in [0.25, 0.3) is 6.71 Å². The third-order valence-electron chi connectivity index (χ3n) is 6.19. The lowest BCUT2D eigenvalue weighted by molar-refractivity contribution is 0.465. The molecule has 2 aliphatic heterocycles. The number of benzene rings is 4. The molecular formula is C27H21BO2. The summed E-state index contributed by atoms with van der Waals surface area (Å²) in [4.78, 5) is 0. The predicted octanol–water partition coefficient (Wildman–Crippen LogP) is 5.20. The van der Waals surface area contributed by atoms with Crippen LogP contribution in [0.3, 0.4) is 0 Å². The van der Waals surface area contributed by atoms with Crippen LogP contribution in [0.15, 0.2) is 84.9 Å². The Morgan fingerprint density at radius 1 is 0.633 bits per heavy atom. The van der Waals surface area contributed by atoms with E-state index in [-0.39, 0.29) is 6.71 Å². The fourth-order valence-corrected chi connectivity index (χ4v) is 4.81. The Balaban J connectivity index is 1.62. The molecule has 0 aliphatic carbocycles. The molecule has 30 heavy (non-hydrogen) atoms. The quantitative estimate of drug-likeness (QED) is 0.380. The normalized spacial score (nSPS) is 13.1. The molecule has 0 bridgehead atoms. The van der Waals surface area contributed by atoms with Gasteiger partial charge in [0.05, 0.1) is 0 Å².